The van der Waals surface area contributed by atoms with Crippen LogP contribution in [-0.4, -0.2) is 29.6 Å². The Balaban J connectivity index is 1.88. The fraction of sp³-hybridized carbons (Fsp3) is 0.353. The largest absolute Gasteiger partial charge is 0.507 e. The van der Waals surface area contributed by atoms with Crippen LogP contribution in [0.15, 0.2) is 36.4 Å². The third kappa shape index (κ3) is 2.85. The van der Waals surface area contributed by atoms with Crippen molar-refractivity contribution in [1.29, 1.82) is 0 Å². The molecule has 4 heteroatoms. The van der Waals surface area contributed by atoms with Gasteiger partial charge in [0.1, 0.15) is 5.75 Å². The molecule has 0 spiro atoms. The van der Waals surface area contributed by atoms with Crippen LogP contribution >= 0.6 is 0 Å². The standard InChI is InChI=1S/C17H20N2O2/c1-17(6-8-18-9-7-17)19-16(21)14-10-12-4-2-3-5-13(12)11-15(14)20/h2-5,10-11,18,20H,6-9H2,1H3,(H,19,21). The van der Waals surface area contributed by atoms with E-state index >= 15 is 0 Å². The molecule has 1 heterocycles. The summed E-state index contributed by atoms with van der Waals surface area (Å²) in [5.74, 6) is -0.175. The normalized spacial score (nSPS) is 17.6. The highest BCUT2D eigenvalue weighted by atomic mass is 16.3. The van der Waals surface area contributed by atoms with Crippen LogP contribution in [0.25, 0.3) is 10.8 Å². The third-order valence-electron chi connectivity index (χ3n) is 4.23. The van der Waals surface area contributed by atoms with Crippen molar-refractivity contribution < 1.29 is 9.90 Å². The van der Waals surface area contributed by atoms with Gasteiger partial charge in [0, 0.05) is 5.54 Å². The van der Waals surface area contributed by atoms with E-state index in [4.69, 9.17) is 0 Å². The zero-order chi connectivity index (χ0) is 14.9. The molecule has 0 bridgehead atoms. The quantitative estimate of drug-likeness (QED) is 0.793. The van der Waals surface area contributed by atoms with Gasteiger partial charge in [0.05, 0.1) is 5.56 Å². The molecular weight excluding hydrogens is 264 g/mol. The number of hydrogen-bond donors (Lipinski definition) is 3. The van der Waals surface area contributed by atoms with Crippen molar-refractivity contribution in [2.75, 3.05) is 13.1 Å². The van der Waals surface area contributed by atoms with Gasteiger partial charge in [-0.1, -0.05) is 24.3 Å². The van der Waals surface area contributed by atoms with E-state index in [1.807, 2.05) is 24.3 Å². The summed E-state index contributed by atoms with van der Waals surface area (Å²) < 4.78 is 0. The van der Waals surface area contributed by atoms with Crippen molar-refractivity contribution in [2.45, 2.75) is 25.3 Å². The van der Waals surface area contributed by atoms with Gasteiger partial charge in [0.2, 0.25) is 0 Å². The lowest BCUT2D eigenvalue weighted by molar-refractivity contribution is 0.0885. The van der Waals surface area contributed by atoms with Crippen molar-refractivity contribution in [3.63, 3.8) is 0 Å². The van der Waals surface area contributed by atoms with E-state index in [-0.39, 0.29) is 17.2 Å². The molecule has 1 aliphatic heterocycles. The topological polar surface area (TPSA) is 61.4 Å². The molecule has 2 aromatic rings. The second-order valence-electron chi connectivity index (χ2n) is 5.98. The zero-order valence-corrected chi connectivity index (χ0v) is 12.1. The van der Waals surface area contributed by atoms with Gasteiger partial charge in [-0.15, -0.1) is 0 Å². The van der Waals surface area contributed by atoms with E-state index in [9.17, 15) is 9.90 Å². The predicted molar refractivity (Wildman–Crippen MR) is 83.6 cm³/mol. The van der Waals surface area contributed by atoms with E-state index in [1.54, 1.807) is 12.1 Å². The number of phenols is 1. The first-order chi connectivity index (χ1) is 10.1. The Labute approximate surface area is 124 Å². The highest BCUT2D eigenvalue weighted by Gasteiger charge is 2.29. The monoisotopic (exact) mass is 284 g/mol. The number of benzene rings is 2. The Bertz CT molecular complexity index is 676. The Morgan fingerprint density at radius 1 is 1.19 bits per heavy atom. The molecular formula is C17H20N2O2. The van der Waals surface area contributed by atoms with Crippen LogP contribution in [0, 0.1) is 0 Å². The van der Waals surface area contributed by atoms with Gasteiger partial charge in [-0.25, -0.2) is 0 Å². The van der Waals surface area contributed by atoms with Crippen LogP contribution < -0.4 is 10.6 Å². The number of piperidine rings is 1. The smallest absolute Gasteiger partial charge is 0.255 e. The van der Waals surface area contributed by atoms with E-state index in [1.165, 1.54) is 0 Å². The average molecular weight is 284 g/mol. The Morgan fingerprint density at radius 3 is 2.48 bits per heavy atom. The molecule has 0 atom stereocenters. The van der Waals surface area contributed by atoms with Gasteiger partial charge in [-0.2, -0.15) is 0 Å². The maximum atomic E-state index is 12.5. The Hall–Kier alpha value is -2.07. The molecule has 4 nitrogen and oxygen atoms in total. The van der Waals surface area contributed by atoms with Crippen LogP contribution in [0.2, 0.25) is 0 Å². The van der Waals surface area contributed by atoms with Crippen LogP contribution in [0.5, 0.6) is 5.75 Å². The Morgan fingerprint density at radius 2 is 1.81 bits per heavy atom. The fourth-order valence-electron chi connectivity index (χ4n) is 2.86. The summed E-state index contributed by atoms with van der Waals surface area (Å²) in [6.45, 7) is 3.87. The fourth-order valence-corrected chi connectivity index (χ4v) is 2.86. The van der Waals surface area contributed by atoms with Gasteiger partial charge in [-0.05, 0) is 55.8 Å². The van der Waals surface area contributed by atoms with Gasteiger partial charge in [-0.3, -0.25) is 4.79 Å². The van der Waals surface area contributed by atoms with Crippen LogP contribution in [-0.2, 0) is 0 Å². The predicted octanol–water partition coefficient (Wildman–Crippen LogP) is 2.42. The van der Waals surface area contributed by atoms with Crippen molar-refractivity contribution in [3.05, 3.63) is 42.0 Å². The Kier molecular flexibility index (Phi) is 3.55. The van der Waals surface area contributed by atoms with Crippen molar-refractivity contribution in [1.82, 2.24) is 10.6 Å². The molecule has 0 saturated carbocycles. The second kappa shape index (κ2) is 5.37. The molecule has 0 radical (unpaired) electrons. The summed E-state index contributed by atoms with van der Waals surface area (Å²) >= 11 is 0. The summed E-state index contributed by atoms with van der Waals surface area (Å²) in [6.07, 6.45) is 1.79. The van der Waals surface area contributed by atoms with Gasteiger partial charge in [0.15, 0.2) is 0 Å². The molecule has 0 aromatic heterocycles. The molecule has 3 rings (SSSR count). The molecule has 0 aliphatic carbocycles. The molecule has 0 unspecified atom stereocenters. The summed E-state index contributed by atoms with van der Waals surface area (Å²) in [5.41, 5.74) is 0.133. The minimum Gasteiger partial charge on any atom is -0.507 e. The van der Waals surface area contributed by atoms with E-state index in [2.05, 4.69) is 17.6 Å². The average Bonchev–Trinajstić information content (AvgIpc) is 2.46. The number of hydrogen-bond acceptors (Lipinski definition) is 3. The second-order valence-corrected chi connectivity index (χ2v) is 5.98. The number of fused-ring (bicyclic) bond motifs is 1. The van der Waals surface area contributed by atoms with Crippen molar-refractivity contribution >= 4 is 16.7 Å². The molecule has 3 N–H and O–H groups in total. The number of rotatable bonds is 2. The van der Waals surface area contributed by atoms with Gasteiger partial charge >= 0.3 is 0 Å². The summed E-state index contributed by atoms with van der Waals surface area (Å²) in [6, 6.07) is 11.1. The van der Waals surface area contributed by atoms with Gasteiger partial charge < -0.3 is 15.7 Å². The lowest BCUT2D eigenvalue weighted by atomic mass is 9.90. The first-order valence-corrected chi connectivity index (χ1v) is 7.32. The number of carbonyl (C=O) groups excluding carboxylic acids is 1. The first-order valence-electron chi connectivity index (χ1n) is 7.32. The molecule has 21 heavy (non-hydrogen) atoms. The minimum atomic E-state index is -0.208. The number of aromatic hydroxyl groups is 1. The summed E-state index contributed by atoms with van der Waals surface area (Å²) in [7, 11) is 0. The molecule has 2 aromatic carbocycles. The van der Waals surface area contributed by atoms with E-state index in [0.29, 0.717) is 5.56 Å². The molecule has 1 fully saturated rings. The molecule has 110 valence electrons. The highest BCUT2D eigenvalue weighted by molar-refractivity contribution is 6.01. The number of amides is 1. The maximum absolute atomic E-state index is 12.5. The maximum Gasteiger partial charge on any atom is 0.255 e. The SMILES string of the molecule is CC1(NC(=O)c2cc3ccccc3cc2O)CCNCC1. The zero-order valence-electron chi connectivity index (χ0n) is 12.1. The number of carbonyl (C=O) groups is 1. The minimum absolute atomic E-state index is 0.0312. The lowest BCUT2D eigenvalue weighted by Crippen LogP contribution is -2.52. The van der Waals surface area contributed by atoms with Crippen LogP contribution in [0.3, 0.4) is 0 Å². The number of phenolic OH excluding ortho intramolecular Hbond substituents is 1. The number of nitrogens with one attached hydrogen (secondary N) is 2. The van der Waals surface area contributed by atoms with Crippen LogP contribution in [0.1, 0.15) is 30.1 Å². The summed E-state index contributed by atoms with van der Waals surface area (Å²) in [4.78, 5) is 12.5. The van der Waals surface area contributed by atoms with Gasteiger partial charge in [0.25, 0.3) is 5.91 Å². The lowest BCUT2D eigenvalue weighted by Gasteiger charge is -2.35. The van der Waals surface area contributed by atoms with E-state index in [0.717, 1.165) is 36.7 Å². The van der Waals surface area contributed by atoms with Crippen molar-refractivity contribution in [3.8, 4) is 5.75 Å². The van der Waals surface area contributed by atoms with Crippen LogP contribution in [0.4, 0.5) is 0 Å². The summed E-state index contributed by atoms with van der Waals surface area (Å²) in [5, 5.41) is 18.4. The molecule has 1 aliphatic rings. The highest BCUT2D eigenvalue weighted by Crippen LogP contribution is 2.26. The first kappa shape index (κ1) is 13.9. The molecule has 1 saturated heterocycles. The van der Waals surface area contributed by atoms with E-state index < -0.39 is 0 Å². The van der Waals surface area contributed by atoms with Crippen molar-refractivity contribution in [2.24, 2.45) is 0 Å². The molecule has 1 amide bonds. The third-order valence-corrected chi connectivity index (χ3v) is 4.23.